The smallest absolute Gasteiger partial charge is 0.343 e. The topological polar surface area (TPSA) is 35.5 Å². The predicted molar refractivity (Wildman–Crippen MR) is 93.4 cm³/mol. The standard InChI is InChI=1S/C21H18O3/c1-16-7-5-6-10-20(16)21(22)24-19-13-11-18(12-14-19)23-15-17-8-3-2-4-9-17/h2-14H,15H2,1H3. The van der Waals surface area contributed by atoms with E-state index in [0.29, 0.717) is 17.9 Å². The molecule has 3 rings (SSSR count). The highest BCUT2D eigenvalue weighted by Gasteiger charge is 2.10. The molecule has 120 valence electrons. The molecule has 0 heterocycles. The van der Waals surface area contributed by atoms with Crippen LogP contribution < -0.4 is 9.47 Å². The van der Waals surface area contributed by atoms with Gasteiger partial charge in [-0.25, -0.2) is 4.79 Å². The van der Waals surface area contributed by atoms with Crippen LogP contribution >= 0.6 is 0 Å². The molecule has 0 saturated heterocycles. The summed E-state index contributed by atoms with van der Waals surface area (Å²) in [4.78, 5) is 12.2. The molecule has 0 amide bonds. The first-order valence-corrected chi connectivity index (χ1v) is 7.77. The lowest BCUT2D eigenvalue weighted by Crippen LogP contribution is -2.09. The van der Waals surface area contributed by atoms with Gasteiger partial charge in [-0.15, -0.1) is 0 Å². The molecule has 3 nitrogen and oxygen atoms in total. The van der Waals surface area contributed by atoms with Crippen molar-refractivity contribution in [2.24, 2.45) is 0 Å². The maximum Gasteiger partial charge on any atom is 0.343 e. The summed E-state index contributed by atoms with van der Waals surface area (Å²) in [6.07, 6.45) is 0. The van der Waals surface area contributed by atoms with E-state index in [1.807, 2.05) is 55.5 Å². The number of hydrogen-bond acceptors (Lipinski definition) is 3. The minimum Gasteiger partial charge on any atom is -0.489 e. The van der Waals surface area contributed by atoms with Crippen molar-refractivity contribution in [3.8, 4) is 11.5 Å². The van der Waals surface area contributed by atoms with Crippen LogP contribution in [0.15, 0.2) is 78.9 Å². The molecule has 0 saturated carbocycles. The zero-order chi connectivity index (χ0) is 16.8. The second-order valence-corrected chi connectivity index (χ2v) is 5.45. The minimum absolute atomic E-state index is 0.356. The summed E-state index contributed by atoms with van der Waals surface area (Å²) in [5, 5.41) is 0. The Kier molecular flexibility index (Phi) is 4.92. The van der Waals surface area contributed by atoms with Gasteiger partial charge in [0.05, 0.1) is 5.56 Å². The fourth-order valence-corrected chi connectivity index (χ4v) is 2.31. The van der Waals surface area contributed by atoms with Crippen LogP contribution in [0.3, 0.4) is 0 Å². The Morgan fingerprint density at radius 1 is 0.792 bits per heavy atom. The van der Waals surface area contributed by atoms with Gasteiger partial charge in [0.15, 0.2) is 0 Å². The highest BCUT2D eigenvalue weighted by Crippen LogP contribution is 2.20. The largest absolute Gasteiger partial charge is 0.489 e. The molecule has 0 atom stereocenters. The number of rotatable bonds is 5. The maximum atomic E-state index is 12.2. The summed E-state index contributed by atoms with van der Waals surface area (Å²) in [6, 6.07) is 24.4. The van der Waals surface area contributed by atoms with E-state index in [1.54, 1.807) is 30.3 Å². The van der Waals surface area contributed by atoms with Crippen molar-refractivity contribution in [3.63, 3.8) is 0 Å². The van der Waals surface area contributed by atoms with Crippen LogP contribution in [0.25, 0.3) is 0 Å². The first kappa shape index (κ1) is 15.8. The molecular formula is C21H18O3. The highest BCUT2D eigenvalue weighted by atomic mass is 16.5. The fourth-order valence-electron chi connectivity index (χ4n) is 2.31. The van der Waals surface area contributed by atoms with Crippen molar-refractivity contribution < 1.29 is 14.3 Å². The van der Waals surface area contributed by atoms with Gasteiger partial charge in [-0.2, -0.15) is 0 Å². The second-order valence-electron chi connectivity index (χ2n) is 5.45. The maximum absolute atomic E-state index is 12.2. The molecule has 0 aliphatic rings. The molecule has 24 heavy (non-hydrogen) atoms. The van der Waals surface area contributed by atoms with Crippen molar-refractivity contribution in [2.45, 2.75) is 13.5 Å². The quantitative estimate of drug-likeness (QED) is 0.501. The van der Waals surface area contributed by atoms with E-state index in [2.05, 4.69) is 0 Å². The number of hydrogen-bond donors (Lipinski definition) is 0. The summed E-state index contributed by atoms with van der Waals surface area (Å²) in [5.41, 5.74) is 2.57. The molecular weight excluding hydrogens is 300 g/mol. The summed E-state index contributed by atoms with van der Waals surface area (Å²) < 4.78 is 11.1. The Bertz CT molecular complexity index is 808. The zero-order valence-electron chi connectivity index (χ0n) is 13.4. The third kappa shape index (κ3) is 4.02. The van der Waals surface area contributed by atoms with Crippen LogP contribution in [0.5, 0.6) is 11.5 Å². The van der Waals surface area contributed by atoms with E-state index >= 15 is 0 Å². The zero-order valence-corrected chi connectivity index (χ0v) is 13.4. The average molecular weight is 318 g/mol. The molecule has 0 aliphatic heterocycles. The van der Waals surface area contributed by atoms with E-state index in [1.165, 1.54) is 0 Å². The highest BCUT2D eigenvalue weighted by molar-refractivity contribution is 5.92. The summed E-state index contributed by atoms with van der Waals surface area (Å²) in [5.74, 6) is 0.871. The average Bonchev–Trinajstić information content (AvgIpc) is 2.62. The summed E-state index contributed by atoms with van der Waals surface area (Å²) in [7, 11) is 0. The number of ether oxygens (including phenoxy) is 2. The van der Waals surface area contributed by atoms with Gasteiger partial charge in [-0.3, -0.25) is 0 Å². The number of carbonyl (C=O) groups excluding carboxylic acids is 1. The van der Waals surface area contributed by atoms with Gasteiger partial charge < -0.3 is 9.47 Å². The van der Waals surface area contributed by atoms with Gasteiger partial charge in [0.1, 0.15) is 18.1 Å². The molecule has 0 radical (unpaired) electrons. The Hall–Kier alpha value is -3.07. The van der Waals surface area contributed by atoms with Gasteiger partial charge in [0.25, 0.3) is 0 Å². The van der Waals surface area contributed by atoms with Crippen LogP contribution in [0.1, 0.15) is 21.5 Å². The van der Waals surface area contributed by atoms with E-state index in [9.17, 15) is 4.79 Å². The molecule has 0 fully saturated rings. The van der Waals surface area contributed by atoms with Gasteiger partial charge in [0, 0.05) is 0 Å². The summed E-state index contributed by atoms with van der Waals surface area (Å²) in [6.45, 7) is 2.39. The molecule has 3 aromatic rings. The lowest BCUT2D eigenvalue weighted by Gasteiger charge is -2.09. The third-order valence-electron chi connectivity index (χ3n) is 3.65. The molecule has 0 aliphatic carbocycles. The fraction of sp³-hybridized carbons (Fsp3) is 0.0952. The number of aryl methyl sites for hydroxylation is 1. The molecule has 0 aromatic heterocycles. The van der Waals surface area contributed by atoms with Crippen LogP contribution in [-0.2, 0) is 6.61 Å². The lowest BCUT2D eigenvalue weighted by molar-refractivity contribution is 0.0734. The SMILES string of the molecule is Cc1ccccc1C(=O)Oc1ccc(OCc2ccccc2)cc1. The number of benzene rings is 3. The van der Waals surface area contributed by atoms with E-state index in [0.717, 1.165) is 16.9 Å². The van der Waals surface area contributed by atoms with Gasteiger partial charge in [-0.1, -0.05) is 48.5 Å². The molecule has 0 unspecified atom stereocenters. The Morgan fingerprint density at radius 3 is 2.12 bits per heavy atom. The molecule has 3 heteroatoms. The van der Waals surface area contributed by atoms with Crippen LogP contribution in [0.4, 0.5) is 0 Å². The van der Waals surface area contributed by atoms with E-state index < -0.39 is 0 Å². The van der Waals surface area contributed by atoms with Gasteiger partial charge >= 0.3 is 5.97 Å². The van der Waals surface area contributed by atoms with Crippen molar-refractivity contribution in [1.29, 1.82) is 0 Å². The molecule has 0 spiro atoms. The molecule has 0 bridgehead atoms. The van der Waals surface area contributed by atoms with E-state index in [4.69, 9.17) is 9.47 Å². The first-order chi connectivity index (χ1) is 11.7. The predicted octanol–water partition coefficient (Wildman–Crippen LogP) is 4.79. The van der Waals surface area contributed by atoms with Crippen molar-refractivity contribution in [2.75, 3.05) is 0 Å². The monoisotopic (exact) mass is 318 g/mol. The Labute approximate surface area is 141 Å². The van der Waals surface area contributed by atoms with Crippen LogP contribution in [0.2, 0.25) is 0 Å². The van der Waals surface area contributed by atoms with Crippen LogP contribution in [0, 0.1) is 6.92 Å². The minimum atomic E-state index is -0.356. The first-order valence-electron chi connectivity index (χ1n) is 7.77. The molecule has 3 aromatic carbocycles. The number of esters is 1. The second kappa shape index (κ2) is 7.47. The van der Waals surface area contributed by atoms with E-state index in [-0.39, 0.29) is 5.97 Å². The lowest BCUT2D eigenvalue weighted by atomic mass is 10.1. The molecule has 0 N–H and O–H groups in total. The van der Waals surface area contributed by atoms with Gasteiger partial charge in [-0.05, 0) is 48.4 Å². The summed E-state index contributed by atoms with van der Waals surface area (Å²) >= 11 is 0. The van der Waals surface area contributed by atoms with Crippen LogP contribution in [-0.4, -0.2) is 5.97 Å². The van der Waals surface area contributed by atoms with Crippen molar-refractivity contribution >= 4 is 5.97 Å². The van der Waals surface area contributed by atoms with Crippen molar-refractivity contribution in [3.05, 3.63) is 95.6 Å². The third-order valence-corrected chi connectivity index (χ3v) is 3.65. The Morgan fingerprint density at radius 2 is 1.42 bits per heavy atom. The number of carbonyl (C=O) groups is 1. The van der Waals surface area contributed by atoms with Crippen molar-refractivity contribution in [1.82, 2.24) is 0 Å². The Balaban J connectivity index is 1.60. The normalized spacial score (nSPS) is 10.2. The van der Waals surface area contributed by atoms with Gasteiger partial charge in [0.2, 0.25) is 0 Å².